The fourth-order valence-corrected chi connectivity index (χ4v) is 2.06. The minimum Gasteiger partial charge on any atom is -0.322 e. The van der Waals surface area contributed by atoms with Crippen LogP contribution in [0.3, 0.4) is 0 Å². The van der Waals surface area contributed by atoms with Crippen molar-refractivity contribution in [3.8, 4) is 0 Å². The molecule has 0 aliphatic carbocycles. The Balaban J connectivity index is 1.88. The van der Waals surface area contributed by atoms with Crippen molar-refractivity contribution in [2.75, 3.05) is 11.9 Å². The molecule has 0 saturated carbocycles. The van der Waals surface area contributed by atoms with Crippen LogP contribution in [-0.2, 0) is 4.79 Å². The van der Waals surface area contributed by atoms with Crippen LogP contribution in [0.25, 0.3) is 0 Å². The molecule has 0 saturated heterocycles. The summed E-state index contributed by atoms with van der Waals surface area (Å²) in [7, 11) is 0. The summed E-state index contributed by atoms with van der Waals surface area (Å²) in [5, 5.41) is 5.68. The maximum Gasteiger partial charge on any atom is 0.238 e. The van der Waals surface area contributed by atoms with E-state index >= 15 is 0 Å². The van der Waals surface area contributed by atoms with E-state index in [-0.39, 0.29) is 24.2 Å². The third kappa shape index (κ3) is 4.39. The second-order valence-electron chi connectivity index (χ2n) is 5.04. The van der Waals surface area contributed by atoms with E-state index in [1.807, 2.05) is 32.0 Å². The number of para-hydroxylation sites is 1. The Labute approximate surface area is 124 Å². The van der Waals surface area contributed by atoms with Crippen molar-refractivity contribution in [1.29, 1.82) is 0 Å². The van der Waals surface area contributed by atoms with Gasteiger partial charge in [0.1, 0.15) is 5.82 Å². The van der Waals surface area contributed by atoms with Gasteiger partial charge in [-0.15, -0.1) is 0 Å². The van der Waals surface area contributed by atoms with Gasteiger partial charge in [0.25, 0.3) is 0 Å². The van der Waals surface area contributed by atoms with Crippen LogP contribution in [-0.4, -0.2) is 12.5 Å². The zero-order chi connectivity index (χ0) is 15.2. The number of aryl methyl sites for hydroxylation is 1. The minimum atomic E-state index is -0.433. The summed E-state index contributed by atoms with van der Waals surface area (Å²) in [4.78, 5) is 11.8. The lowest BCUT2D eigenvalue weighted by Gasteiger charge is -2.15. The molecule has 110 valence electrons. The van der Waals surface area contributed by atoms with Crippen molar-refractivity contribution in [2.24, 2.45) is 0 Å². The van der Waals surface area contributed by atoms with Crippen LogP contribution in [0.2, 0.25) is 0 Å². The molecular formula is C17H19FN2O. The number of nitrogens with one attached hydrogen (secondary N) is 2. The summed E-state index contributed by atoms with van der Waals surface area (Å²) in [6.45, 7) is 4.15. The highest BCUT2D eigenvalue weighted by molar-refractivity contribution is 5.92. The van der Waals surface area contributed by atoms with Gasteiger partial charge in [-0.2, -0.15) is 0 Å². The smallest absolute Gasteiger partial charge is 0.238 e. The standard InChI is InChI=1S/C17H19FN2O/c1-12-6-5-7-14(10-12)13(2)19-11-17(21)20-16-9-4-3-8-15(16)18/h3-10,13,19H,11H2,1-2H3,(H,20,21)/t13-/m0/s1. The van der Waals surface area contributed by atoms with E-state index in [9.17, 15) is 9.18 Å². The summed E-state index contributed by atoms with van der Waals surface area (Å²) < 4.78 is 13.4. The van der Waals surface area contributed by atoms with Crippen molar-refractivity contribution in [1.82, 2.24) is 5.32 Å². The molecule has 2 aromatic carbocycles. The number of hydrogen-bond acceptors (Lipinski definition) is 2. The number of benzene rings is 2. The number of anilines is 1. The first-order chi connectivity index (χ1) is 10.1. The summed E-state index contributed by atoms with van der Waals surface area (Å²) in [6.07, 6.45) is 0. The van der Waals surface area contributed by atoms with Crippen LogP contribution < -0.4 is 10.6 Å². The van der Waals surface area contributed by atoms with Crippen molar-refractivity contribution < 1.29 is 9.18 Å². The summed E-state index contributed by atoms with van der Waals surface area (Å²) >= 11 is 0. The van der Waals surface area contributed by atoms with E-state index in [0.29, 0.717) is 0 Å². The van der Waals surface area contributed by atoms with Crippen molar-refractivity contribution in [3.05, 3.63) is 65.5 Å². The zero-order valence-electron chi connectivity index (χ0n) is 12.2. The van der Waals surface area contributed by atoms with E-state index < -0.39 is 5.82 Å². The summed E-state index contributed by atoms with van der Waals surface area (Å²) in [5.74, 6) is -0.697. The van der Waals surface area contributed by atoms with Gasteiger partial charge in [-0.05, 0) is 31.5 Å². The maximum absolute atomic E-state index is 13.4. The van der Waals surface area contributed by atoms with Crippen LogP contribution >= 0.6 is 0 Å². The van der Waals surface area contributed by atoms with E-state index in [1.165, 1.54) is 17.7 Å². The normalized spacial score (nSPS) is 12.0. The van der Waals surface area contributed by atoms with Gasteiger partial charge in [-0.25, -0.2) is 4.39 Å². The largest absolute Gasteiger partial charge is 0.322 e. The number of amides is 1. The van der Waals surface area contributed by atoms with E-state index in [4.69, 9.17) is 0 Å². The zero-order valence-corrected chi connectivity index (χ0v) is 12.2. The lowest BCUT2D eigenvalue weighted by molar-refractivity contribution is -0.115. The molecule has 1 atom stereocenters. The molecule has 0 heterocycles. The maximum atomic E-state index is 13.4. The summed E-state index contributed by atoms with van der Waals surface area (Å²) in [6, 6.07) is 14.3. The molecule has 0 aliphatic heterocycles. The van der Waals surface area contributed by atoms with E-state index in [2.05, 4.69) is 16.7 Å². The first-order valence-corrected chi connectivity index (χ1v) is 6.90. The van der Waals surface area contributed by atoms with Crippen molar-refractivity contribution in [3.63, 3.8) is 0 Å². The molecule has 4 heteroatoms. The Hall–Kier alpha value is -2.20. The van der Waals surface area contributed by atoms with Crippen LogP contribution in [0.4, 0.5) is 10.1 Å². The van der Waals surface area contributed by atoms with Gasteiger partial charge in [0.15, 0.2) is 0 Å². The van der Waals surface area contributed by atoms with E-state index in [0.717, 1.165) is 5.56 Å². The Kier molecular flexibility index (Phi) is 5.06. The lowest BCUT2D eigenvalue weighted by atomic mass is 10.1. The van der Waals surface area contributed by atoms with Gasteiger partial charge < -0.3 is 10.6 Å². The molecule has 0 aromatic heterocycles. The quantitative estimate of drug-likeness (QED) is 0.884. The molecule has 0 radical (unpaired) electrons. The lowest BCUT2D eigenvalue weighted by Crippen LogP contribution is -2.30. The molecule has 0 fully saturated rings. The molecule has 1 amide bonds. The third-order valence-electron chi connectivity index (χ3n) is 3.26. The van der Waals surface area contributed by atoms with Crippen LogP contribution in [0.5, 0.6) is 0 Å². The predicted molar refractivity (Wildman–Crippen MR) is 82.6 cm³/mol. The summed E-state index contributed by atoms with van der Waals surface area (Å²) in [5.41, 5.74) is 2.50. The first-order valence-electron chi connectivity index (χ1n) is 6.90. The van der Waals surface area contributed by atoms with Gasteiger partial charge in [0, 0.05) is 6.04 Å². The molecule has 2 rings (SSSR count). The van der Waals surface area contributed by atoms with Gasteiger partial charge >= 0.3 is 0 Å². The third-order valence-corrected chi connectivity index (χ3v) is 3.26. The van der Waals surface area contributed by atoms with Crippen molar-refractivity contribution >= 4 is 11.6 Å². The number of carbonyl (C=O) groups excluding carboxylic acids is 1. The van der Waals surface area contributed by atoms with Crippen LogP contribution in [0.15, 0.2) is 48.5 Å². The highest BCUT2D eigenvalue weighted by Crippen LogP contribution is 2.14. The van der Waals surface area contributed by atoms with Gasteiger partial charge in [0.2, 0.25) is 5.91 Å². The molecule has 0 spiro atoms. The SMILES string of the molecule is Cc1cccc([C@H](C)NCC(=O)Nc2ccccc2F)c1. The predicted octanol–water partition coefficient (Wildman–Crippen LogP) is 3.42. The number of rotatable bonds is 5. The average Bonchev–Trinajstić information content (AvgIpc) is 2.47. The number of carbonyl (C=O) groups is 1. The fraction of sp³-hybridized carbons (Fsp3) is 0.235. The molecule has 3 nitrogen and oxygen atoms in total. The van der Waals surface area contributed by atoms with Crippen molar-refractivity contribution in [2.45, 2.75) is 19.9 Å². The second-order valence-corrected chi connectivity index (χ2v) is 5.04. The van der Waals surface area contributed by atoms with Gasteiger partial charge in [-0.3, -0.25) is 4.79 Å². The topological polar surface area (TPSA) is 41.1 Å². The molecular weight excluding hydrogens is 267 g/mol. The van der Waals surface area contributed by atoms with Gasteiger partial charge in [0.05, 0.1) is 12.2 Å². The average molecular weight is 286 g/mol. The second kappa shape index (κ2) is 6.99. The molecule has 2 N–H and O–H groups in total. The van der Waals surface area contributed by atoms with Gasteiger partial charge in [-0.1, -0.05) is 42.0 Å². The molecule has 21 heavy (non-hydrogen) atoms. The highest BCUT2D eigenvalue weighted by Gasteiger charge is 2.09. The van der Waals surface area contributed by atoms with Crippen LogP contribution in [0.1, 0.15) is 24.1 Å². The Morgan fingerprint density at radius 2 is 1.95 bits per heavy atom. The number of hydrogen-bond donors (Lipinski definition) is 2. The molecule has 0 bridgehead atoms. The Morgan fingerprint density at radius 3 is 2.67 bits per heavy atom. The fourth-order valence-electron chi connectivity index (χ4n) is 2.06. The first kappa shape index (κ1) is 15.2. The Morgan fingerprint density at radius 1 is 1.19 bits per heavy atom. The Bertz CT molecular complexity index is 628. The highest BCUT2D eigenvalue weighted by atomic mass is 19.1. The monoisotopic (exact) mass is 286 g/mol. The molecule has 0 aliphatic rings. The molecule has 2 aromatic rings. The number of halogens is 1. The minimum absolute atomic E-state index is 0.0521. The van der Waals surface area contributed by atoms with Crippen LogP contribution in [0, 0.1) is 12.7 Å². The molecule has 0 unspecified atom stereocenters. The van der Waals surface area contributed by atoms with E-state index in [1.54, 1.807) is 12.1 Å².